The van der Waals surface area contributed by atoms with Crippen molar-refractivity contribution in [1.82, 2.24) is 10.2 Å². The molecule has 1 N–H and O–H groups in total. The number of aryl methyl sites for hydroxylation is 1. The lowest BCUT2D eigenvalue weighted by molar-refractivity contribution is 0.863. The van der Waals surface area contributed by atoms with E-state index in [4.69, 9.17) is 0 Å². The van der Waals surface area contributed by atoms with E-state index in [2.05, 4.69) is 39.3 Å². The molecule has 2 aromatic heterocycles. The second-order valence-corrected chi connectivity index (χ2v) is 4.32. The van der Waals surface area contributed by atoms with Gasteiger partial charge in [-0.3, -0.25) is 0 Å². The van der Waals surface area contributed by atoms with Crippen LogP contribution < -0.4 is 5.32 Å². The lowest BCUT2D eigenvalue weighted by Gasteiger charge is -2.12. The molecule has 1 unspecified atom stereocenters. The first kappa shape index (κ1) is 10.1. The number of anilines is 1. The molecule has 0 aromatic carbocycles. The quantitative estimate of drug-likeness (QED) is 0.862. The number of hydrogen-bond acceptors (Lipinski definition) is 4. The molecule has 4 heteroatoms. The van der Waals surface area contributed by atoms with Crippen molar-refractivity contribution in [3.63, 3.8) is 0 Å². The van der Waals surface area contributed by atoms with Crippen LogP contribution in [-0.4, -0.2) is 10.2 Å². The zero-order valence-electron chi connectivity index (χ0n) is 8.77. The molecule has 78 valence electrons. The molecule has 0 saturated carbocycles. The SMILES string of the molecule is Cc1cnnc(NC(C)c2ccsc2)c1. The van der Waals surface area contributed by atoms with E-state index in [0.717, 1.165) is 11.4 Å². The maximum Gasteiger partial charge on any atom is 0.149 e. The molecule has 0 fully saturated rings. The second-order valence-electron chi connectivity index (χ2n) is 3.54. The first-order chi connectivity index (χ1) is 7.25. The van der Waals surface area contributed by atoms with Gasteiger partial charge in [-0.15, -0.1) is 5.10 Å². The van der Waals surface area contributed by atoms with Crippen molar-refractivity contribution in [2.45, 2.75) is 19.9 Å². The first-order valence-electron chi connectivity index (χ1n) is 4.83. The molecule has 0 spiro atoms. The Hall–Kier alpha value is -1.42. The van der Waals surface area contributed by atoms with E-state index in [1.807, 2.05) is 13.0 Å². The Balaban J connectivity index is 2.09. The lowest BCUT2D eigenvalue weighted by Crippen LogP contribution is -2.07. The third kappa shape index (κ3) is 2.53. The van der Waals surface area contributed by atoms with Gasteiger partial charge >= 0.3 is 0 Å². The molecule has 0 saturated heterocycles. The highest BCUT2D eigenvalue weighted by Gasteiger charge is 2.06. The molecule has 0 aliphatic carbocycles. The molecule has 0 radical (unpaired) electrons. The molecule has 0 bridgehead atoms. The third-order valence-electron chi connectivity index (χ3n) is 2.20. The Morgan fingerprint density at radius 3 is 3.00 bits per heavy atom. The van der Waals surface area contributed by atoms with Crippen molar-refractivity contribution in [2.75, 3.05) is 5.32 Å². The summed E-state index contributed by atoms with van der Waals surface area (Å²) in [6.45, 7) is 4.13. The van der Waals surface area contributed by atoms with Crippen molar-refractivity contribution < 1.29 is 0 Å². The van der Waals surface area contributed by atoms with Crippen LogP contribution in [0.15, 0.2) is 29.1 Å². The smallest absolute Gasteiger partial charge is 0.149 e. The third-order valence-corrected chi connectivity index (χ3v) is 2.90. The highest BCUT2D eigenvalue weighted by Crippen LogP contribution is 2.19. The van der Waals surface area contributed by atoms with Crippen LogP contribution in [0.1, 0.15) is 24.1 Å². The molecule has 2 heterocycles. The van der Waals surface area contributed by atoms with Crippen LogP contribution in [0.3, 0.4) is 0 Å². The van der Waals surface area contributed by atoms with E-state index >= 15 is 0 Å². The van der Waals surface area contributed by atoms with E-state index in [-0.39, 0.29) is 6.04 Å². The molecule has 0 aliphatic heterocycles. The predicted octanol–water partition coefficient (Wildman–Crippen LogP) is 3.02. The van der Waals surface area contributed by atoms with Gasteiger partial charge in [0.05, 0.1) is 12.2 Å². The number of nitrogens with zero attached hydrogens (tertiary/aromatic N) is 2. The van der Waals surface area contributed by atoms with Gasteiger partial charge in [-0.05, 0) is 47.9 Å². The molecule has 2 rings (SSSR count). The van der Waals surface area contributed by atoms with E-state index in [9.17, 15) is 0 Å². The van der Waals surface area contributed by atoms with Gasteiger partial charge in [0.25, 0.3) is 0 Å². The fraction of sp³-hybridized carbons (Fsp3) is 0.273. The Labute approximate surface area is 93.2 Å². The molecule has 0 amide bonds. The molecule has 1 atom stereocenters. The topological polar surface area (TPSA) is 37.8 Å². The summed E-state index contributed by atoms with van der Waals surface area (Å²) >= 11 is 1.71. The summed E-state index contributed by atoms with van der Waals surface area (Å²) in [5, 5.41) is 15.5. The zero-order valence-corrected chi connectivity index (χ0v) is 9.58. The van der Waals surface area contributed by atoms with Gasteiger partial charge in [0, 0.05) is 0 Å². The fourth-order valence-electron chi connectivity index (χ4n) is 1.36. The first-order valence-corrected chi connectivity index (χ1v) is 5.78. The highest BCUT2D eigenvalue weighted by atomic mass is 32.1. The maximum absolute atomic E-state index is 4.03. The van der Waals surface area contributed by atoms with Gasteiger partial charge < -0.3 is 5.32 Å². The van der Waals surface area contributed by atoms with Gasteiger partial charge in [0.15, 0.2) is 0 Å². The minimum atomic E-state index is 0.271. The van der Waals surface area contributed by atoms with Crippen molar-refractivity contribution in [2.24, 2.45) is 0 Å². The van der Waals surface area contributed by atoms with Crippen LogP contribution in [0.4, 0.5) is 5.82 Å². The average molecular weight is 219 g/mol. The minimum absolute atomic E-state index is 0.271. The molecule has 2 aromatic rings. The van der Waals surface area contributed by atoms with Gasteiger partial charge in [0.1, 0.15) is 5.82 Å². The van der Waals surface area contributed by atoms with Crippen molar-refractivity contribution in [3.05, 3.63) is 40.2 Å². The largest absolute Gasteiger partial charge is 0.362 e. The summed E-state index contributed by atoms with van der Waals surface area (Å²) in [4.78, 5) is 0. The van der Waals surface area contributed by atoms with Crippen LogP contribution in [0.5, 0.6) is 0 Å². The second kappa shape index (κ2) is 4.40. The van der Waals surface area contributed by atoms with Crippen LogP contribution in [-0.2, 0) is 0 Å². The van der Waals surface area contributed by atoms with Gasteiger partial charge in [0.2, 0.25) is 0 Å². The summed E-state index contributed by atoms with van der Waals surface area (Å²) in [5.74, 6) is 0.828. The summed E-state index contributed by atoms with van der Waals surface area (Å²) in [6, 6.07) is 4.38. The van der Waals surface area contributed by atoms with Crippen LogP contribution in [0, 0.1) is 6.92 Å². The maximum atomic E-state index is 4.03. The summed E-state index contributed by atoms with van der Waals surface area (Å²) in [5.41, 5.74) is 2.40. The number of nitrogens with one attached hydrogen (secondary N) is 1. The van der Waals surface area contributed by atoms with Crippen molar-refractivity contribution >= 4 is 17.2 Å². The standard InChI is InChI=1S/C11H13N3S/c1-8-5-11(14-12-6-8)13-9(2)10-3-4-15-7-10/h3-7,9H,1-2H3,(H,13,14). The Kier molecular flexibility index (Phi) is 2.97. The predicted molar refractivity (Wildman–Crippen MR) is 63.1 cm³/mol. The normalized spacial score (nSPS) is 12.4. The number of hydrogen-bond donors (Lipinski definition) is 1. The van der Waals surface area contributed by atoms with E-state index in [1.165, 1.54) is 5.56 Å². The summed E-state index contributed by atoms with van der Waals surface area (Å²) in [6.07, 6.45) is 1.75. The Bertz CT molecular complexity index is 425. The van der Waals surface area contributed by atoms with Gasteiger partial charge in [-0.1, -0.05) is 0 Å². The highest BCUT2D eigenvalue weighted by molar-refractivity contribution is 7.07. The molecule has 0 aliphatic rings. The number of rotatable bonds is 3. The van der Waals surface area contributed by atoms with Crippen LogP contribution in [0.25, 0.3) is 0 Å². The van der Waals surface area contributed by atoms with E-state index in [0.29, 0.717) is 0 Å². The lowest BCUT2D eigenvalue weighted by atomic mass is 10.2. The zero-order chi connectivity index (χ0) is 10.7. The Morgan fingerprint density at radius 2 is 2.33 bits per heavy atom. The van der Waals surface area contributed by atoms with Gasteiger partial charge in [-0.25, -0.2) is 0 Å². The Morgan fingerprint density at radius 1 is 1.47 bits per heavy atom. The number of thiophene rings is 1. The van der Waals surface area contributed by atoms with Crippen molar-refractivity contribution in [3.8, 4) is 0 Å². The van der Waals surface area contributed by atoms with Crippen LogP contribution in [0.2, 0.25) is 0 Å². The van der Waals surface area contributed by atoms with E-state index in [1.54, 1.807) is 17.5 Å². The van der Waals surface area contributed by atoms with Crippen molar-refractivity contribution in [1.29, 1.82) is 0 Å². The fourth-order valence-corrected chi connectivity index (χ4v) is 2.12. The summed E-state index contributed by atoms with van der Waals surface area (Å²) < 4.78 is 0. The average Bonchev–Trinajstić information content (AvgIpc) is 2.70. The summed E-state index contributed by atoms with van der Waals surface area (Å²) in [7, 11) is 0. The monoisotopic (exact) mass is 219 g/mol. The van der Waals surface area contributed by atoms with Gasteiger partial charge in [-0.2, -0.15) is 16.4 Å². The van der Waals surface area contributed by atoms with E-state index < -0.39 is 0 Å². The molecular formula is C11H13N3S. The minimum Gasteiger partial charge on any atom is -0.362 e. The molecule has 15 heavy (non-hydrogen) atoms. The molecule has 3 nitrogen and oxygen atoms in total. The molecular weight excluding hydrogens is 206 g/mol. The van der Waals surface area contributed by atoms with Crippen LogP contribution >= 0.6 is 11.3 Å². The number of aromatic nitrogens is 2.